The van der Waals surface area contributed by atoms with E-state index in [0.717, 1.165) is 21.6 Å². The molecule has 0 unspecified atom stereocenters. The molecule has 102 valence electrons. The number of carboxylic acid groups (broad SMARTS) is 1. The first-order valence-corrected chi connectivity index (χ1v) is 7.54. The molecule has 1 N–H and O–H groups in total. The minimum Gasteiger partial charge on any atom is -0.489 e. The molecule has 2 aromatic carbocycles. The van der Waals surface area contributed by atoms with Crippen molar-refractivity contribution in [2.75, 3.05) is 6.26 Å². The Morgan fingerprint density at radius 1 is 1.25 bits per heavy atom. The van der Waals surface area contributed by atoms with E-state index >= 15 is 0 Å². The Labute approximate surface area is 121 Å². The largest absolute Gasteiger partial charge is 0.489 e. The first-order valence-electron chi connectivity index (χ1n) is 6.32. The van der Waals surface area contributed by atoms with Gasteiger partial charge in [0.15, 0.2) is 0 Å². The van der Waals surface area contributed by atoms with Gasteiger partial charge in [0.1, 0.15) is 18.3 Å². The highest BCUT2D eigenvalue weighted by atomic mass is 32.2. The lowest BCUT2D eigenvalue weighted by Gasteiger charge is -2.15. The highest BCUT2D eigenvalue weighted by Crippen LogP contribution is 2.39. The summed E-state index contributed by atoms with van der Waals surface area (Å²) in [5, 5.41) is 9.66. The molecular formula is C16H14O3S. The van der Waals surface area contributed by atoms with E-state index in [9.17, 15) is 9.90 Å². The summed E-state index contributed by atoms with van der Waals surface area (Å²) in [7, 11) is 0. The molecule has 0 saturated heterocycles. The van der Waals surface area contributed by atoms with E-state index in [2.05, 4.69) is 0 Å². The van der Waals surface area contributed by atoms with Crippen LogP contribution in [0, 0.1) is 0 Å². The van der Waals surface area contributed by atoms with Crippen molar-refractivity contribution in [2.45, 2.75) is 17.4 Å². The van der Waals surface area contributed by atoms with Crippen LogP contribution in [-0.4, -0.2) is 17.3 Å². The summed E-state index contributed by atoms with van der Waals surface area (Å²) >= 11 is 1.59. The normalized spacial score (nSPS) is 16.6. The van der Waals surface area contributed by atoms with Crippen LogP contribution in [0.15, 0.2) is 47.4 Å². The average molecular weight is 286 g/mol. The summed E-state index contributed by atoms with van der Waals surface area (Å²) in [6.45, 7) is 0.408. The molecule has 0 radical (unpaired) electrons. The lowest BCUT2D eigenvalue weighted by molar-refractivity contribution is -0.137. The van der Waals surface area contributed by atoms with Crippen molar-refractivity contribution in [2.24, 2.45) is 0 Å². The molecule has 4 heteroatoms. The number of benzene rings is 2. The minimum atomic E-state index is -0.845. The molecule has 0 spiro atoms. The molecule has 3 nitrogen and oxygen atoms in total. The fourth-order valence-electron chi connectivity index (χ4n) is 2.55. The summed E-state index contributed by atoms with van der Waals surface area (Å²) in [5.74, 6) is -0.857. The molecule has 0 aromatic heterocycles. The monoisotopic (exact) mass is 286 g/mol. The van der Waals surface area contributed by atoms with Crippen LogP contribution in [-0.2, 0) is 11.4 Å². The van der Waals surface area contributed by atoms with Gasteiger partial charge in [-0.2, -0.15) is 0 Å². The van der Waals surface area contributed by atoms with E-state index in [0.29, 0.717) is 12.4 Å². The third kappa shape index (κ3) is 2.16. The van der Waals surface area contributed by atoms with Crippen molar-refractivity contribution in [3.05, 3.63) is 59.2 Å². The standard InChI is InChI=1S/C16H14O3S/c1-20-11-6-7-14-13(8-11)15(16(17)18)12-5-3-2-4-10(12)9-19-14/h2-8,15H,9H2,1H3,(H,17,18)/t15-/m1/s1. The number of thioether (sulfide) groups is 1. The van der Waals surface area contributed by atoms with Crippen molar-refractivity contribution in [1.82, 2.24) is 0 Å². The van der Waals surface area contributed by atoms with Crippen molar-refractivity contribution in [3.63, 3.8) is 0 Å². The molecular weight excluding hydrogens is 272 g/mol. The number of hydrogen-bond donors (Lipinski definition) is 1. The van der Waals surface area contributed by atoms with Crippen LogP contribution in [0.25, 0.3) is 0 Å². The lowest BCUT2D eigenvalue weighted by atomic mass is 9.88. The predicted octanol–water partition coefficient (Wildman–Crippen LogP) is 3.52. The number of fused-ring (bicyclic) bond motifs is 2. The zero-order valence-corrected chi connectivity index (χ0v) is 11.8. The highest BCUT2D eigenvalue weighted by molar-refractivity contribution is 7.98. The van der Waals surface area contributed by atoms with Gasteiger partial charge in [-0.15, -0.1) is 11.8 Å². The molecule has 2 aromatic rings. The van der Waals surface area contributed by atoms with Crippen molar-refractivity contribution < 1.29 is 14.6 Å². The van der Waals surface area contributed by atoms with Crippen molar-refractivity contribution in [3.8, 4) is 5.75 Å². The number of carbonyl (C=O) groups is 1. The van der Waals surface area contributed by atoms with Gasteiger partial charge in [-0.05, 0) is 35.6 Å². The Kier molecular flexibility index (Phi) is 3.40. The van der Waals surface area contributed by atoms with E-state index in [1.807, 2.05) is 48.7 Å². The number of rotatable bonds is 2. The summed E-state index contributed by atoms with van der Waals surface area (Å²) in [6, 6.07) is 13.3. The van der Waals surface area contributed by atoms with Crippen LogP contribution in [0.2, 0.25) is 0 Å². The molecule has 1 atom stereocenters. The Morgan fingerprint density at radius 2 is 2.05 bits per heavy atom. The van der Waals surface area contributed by atoms with Gasteiger partial charge >= 0.3 is 5.97 Å². The number of carboxylic acids is 1. The second-order valence-corrected chi connectivity index (χ2v) is 5.54. The van der Waals surface area contributed by atoms with E-state index < -0.39 is 11.9 Å². The molecule has 1 aliphatic heterocycles. The van der Waals surface area contributed by atoms with Gasteiger partial charge in [0, 0.05) is 10.5 Å². The Hall–Kier alpha value is -1.94. The average Bonchev–Trinajstić information content (AvgIpc) is 2.62. The second kappa shape index (κ2) is 5.21. The maximum atomic E-state index is 11.8. The van der Waals surface area contributed by atoms with Gasteiger partial charge in [0.2, 0.25) is 0 Å². The molecule has 0 aliphatic carbocycles. The second-order valence-electron chi connectivity index (χ2n) is 4.66. The van der Waals surface area contributed by atoms with Gasteiger partial charge in [-0.25, -0.2) is 0 Å². The molecule has 1 heterocycles. The van der Waals surface area contributed by atoms with Crippen LogP contribution < -0.4 is 4.74 Å². The molecule has 0 saturated carbocycles. The van der Waals surface area contributed by atoms with Gasteiger partial charge in [0.25, 0.3) is 0 Å². The summed E-state index contributed by atoms with van der Waals surface area (Å²) in [5.41, 5.74) is 2.48. The van der Waals surface area contributed by atoms with Crippen LogP contribution in [0.5, 0.6) is 5.75 Å². The van der Waals surface area contributed by atoms with Crippen LogP contribution >= 0.6 is 11.8 Å². The zero-order valence-electron chi connectivity index (χ0n) is 11.0. The Balaban J connectivity index is 2.22. The Bertz CT molecular complexity index is 667. The molecule has 0 fully saturated rings. The van der Waals surface area contributed by atoms with Crippen LogP contribution in [0.4, 0.5) is 0 Å². The van der Waals surface area contributed by atoms with Gasteiger partial charge in [0.05, 0.1) is 0 Å². The summed E-state index contributed by atoms with van der Waals surface area (Å²) < 4.78 is 5.78. The fraction of sp³-hybridized carbons (Fsp3) is 0.188. The fourth-order valence-corrected chi connectivity index (χ4v) is 3.00. The third-order valence-corrected chi connectivity index (χ3v) is 4.25. The van der Waals surface area contributed by atoms with Gasteiger partial charge in [-0.3, -0.25) is 4.79 Å². The van der Waals surface area contributed by atoms with E-state index in [4.69, 9.17) is 4.74 Å². The Morgan fingerprint density at radius 3 is 2.80 bits per heavy atom. The number of aliphatic carboxylic acids is 1. The SMILES string of the molecule is CSc1ccc2c(c1)[C@H](C(=O)O)c1ccccc1CO2. The minimum absolute atomic E-state index is 0.408. The van der Waals surface area contributed by atoms with E-state index in [1.165, 1.54) is 0 Å². The maximum absolute atomic E-state index is 11.8. The van der Waals surface area contributed by atoms with Crippen LogP contribution in [0.1, 0.15) is 22.6 Å². The first kappa shape index (κ1) is 13.1. The predicted molar refractivity (Wildman–Crippen MR) is 78.5 cm³/mol. The van der Waals surface area contributed by atoms with Gasteiger partial charge < -0.3 is 9.84 Å². The number of hydrogen-bond acceptors (Lipinski definition) is 3. The van der Waals surface area contributed by atoms with E-state index in [1.54, 1.807) is 11.8 Å². The molecule has 0 amide bonds. The number of ether oxygens (including phenoxy) is 1. The molecule has 20 heavy (non-hydrogen) atoms. The van der Waals surface area contributed by atoms with Crippen molar-refractivity contribution in [1.29, 1.82) is 0 Å². The summed E-state index contributed by atoms with van der Waals surface area (Å²) in [4.78, 5) is 12.8. The highest BCUT2D eigenvalue weighted by Gasteiger charge is 2.30. The molecule has 0 bridgehead atoms. The lowest BCUT2D eigenvalue weighted by Crippen LogP contribution is -2.13. The quantitative estimate of drug-likeness (QED) is 0.858. The third-order valence-electron chi connectivity index (χ3n) is 3.52. The van der Waals surface area contributed by atoms with E-state index in [-0.39, 0.29) is 0 Å². The zero-order chi connectivity index (χ0) is 14.1. The van der Waals surface area contributed by atoms with Crippen LogP contribution in [0.3, 0.4) is 0 Å². The first-order chi connectivity index (χ1) is 9.70. The summed E-state index contributed by atoms with van der Waals surface area (Å²) in [6.07, 6.45) is 1.98. The molecule has 1 aliphatic rings. The van der Waals surface area contributed by atoms with Gasteiger partial charge in [-0.1, -0.05) is 24.3 Å². The molecule has 3 rings (SSSR count). The smallest absolute Gasteiger partial charge is 0.315 e. The topological polar surface area (TPSA) is 46.5 Å². The van der Waals surface area contributed by atoms with Crippen molar-refractivity contribution >= 4 is 17.7 Å². The maximum Gasteiger partial charge on any atom is 0.315 e.